The highest BCUT2D eigenvalue weighted by atomic mass is 16.5. The normalized spacial score (nSPS) is 17.6. The number of para-hydroxylation sites is 2. The molecule has 0 radical (unpaired) electrons. The Hall–Kier alpha value is -2.01. The number of rotatable bonds is 3. The molecule has 2 aromatic rings. The van der Waals surface area contributed by atoms with Crippen molar-refractivity contribution in [2.75, 3.05) is 18.1 Å². The average Bonchev–Trinajstić information content (AvgIpc) is 2.77. The molecule has 1 aliphatic heterocycles. The highest BCUT2D eigenvalue weighted by Crippen LogP contribution is 2.37. The van der Waals surface area contributed by atoms with Gasteiger partial charge in [-0.05, 0) is 25.5 Å². The molecule has 0 fully saturated rings. The lowest BCUT2D eigenvalue weighted by Gasteiger charge is -2.35. The lowest BCUT2D eigenvalue weighted by atomic mass is 10.0. The second-order valence-corrected chi connectivity index (χ2v) is 5.61. The number of nitrogens with two attached hydrogens (primary N) is 1. The molecule has 1 aliphatic rings. The Morgan fingerprint density at radius 3 is 2.86 bits per heavy atom. The molecule has 0 amide bonds. The second-order valence-electron chi connectivity index (χ2n) is 5.61. The molecule has 0 spiro atoms. The minimum atomic E-state index is 0.000330. The standard InChI is InChI=1S/C16H22N4O/c1-12(17)16(13-10-18-19(2)11-13)20-8-5-9-21-15-7-4-3-6-14(15)20/h3-4,6-7,10-12,16H,5,8-9,17H2,1-2H3. The van der Waals surface area contributed by atoms with Crippen LogP contribution in [0.25, 0.3) is 0 Å². The summed E-state index contributed by atoms with van der Waals surface area (Å²) in [5.74, 6) is 0.935. The molecule has 2 unspecified atom stereocenters. The van der Waals surface area contributed by atoms with Crippen LogP contribution in [0.2, 0.25) is 0 Å². The van der Waals surface area contributed by atoms with Crippen molar-refractivity contribution in [3.05, 3.63) is 42.2 Å². The van der Waals surface area contributed by atoms with E-state index in [1.807, 2.05) is 49.2 Å². The zero-order chi connectivity index (χ0) is 14.8. The zero-order valence-corrected chi connectivity index (χ0v) is 12.6. The quantitative estimate of drug-likeness (QED) is 0.939. The van der Waals surface area contributed by atoms with Gasteiger partial charge in [0.2, 0.25) is 0 Å². The number of aryl methyl sites for hydroxylation is 1. The largest absolute Gasteiger partial charge is 0.491 e. The third kappa shape index (κ3) is 2.74. The lowest BCUT2D eigenvalue weighted by molar-refractivity contribution is 0.322. The molecule has 2 atom stereocenters. The molecule has 112 valence electrons. The van der Waals surface area contributed by atoms with Gasteiger partial charge in [-0.25, -0.2) is 0 Å². The maximum Gasteiger partial charge on any atom is 0.142 e. The van der Waals surface area contributed by atoms with Crippen LogP contribution >= 0.6 is 0 Å². The number of hydrogen-bond acceptors (Lipinski definition) is 4. The van der Waals surface area contributed by atoms with E-state index in [2.05, 4.69) is 16.1 Å². The van der Waals surface area contributed by atoms with Crippen molar-refractivity contribution in [2.45, 2.75) is 25.4 Å². The Labute approximate surface area is 125 Å². The van der Waals surface area contributed by atoms with Crippen LogP contribution in [0.15, 0.2) is 36.7 Å². The minimum Gasteiger partial charge on any atom is -0.491 e. The highest BCUT2D eigenvalue weighted by Gasteiger charge is 2.28. The second kappa shape index (κ2) is 5.77. The van der Waals surface area contributed by atoms with Gasteiger partial charge in [0.05, 0.1) is 24.5 Å². The predicted octanol–water partition coefficient (Wildman–Crippen LogP) is 2.10. The fraction of sp³-hybridized carbons (Fsp3) is 0.438. The number of ether oxygens (including phenoxy) is 1. The molecule has 5 heteroatoms. The molecule has 0 aliphatic carbocycles. The van der Waals surface area contributed by atoms with E-state index in [-0.39, 0.29) is 12.1 Å². The van der Waals surface area contributed by atoms with Gasteiger partial charge < -0.3 is 15.4 Å². The molecular weight excluding hydrogens is 264 g/mol. The van der Waals surface area contributed by atoms with Gasteiger partial charge in [-0.1, -0.05) is 12.1 Å². The van der Waals surface area contributed by atoms with Gasteiger partial charge in [0.15, 0.2) is 0 Å². The third-order valence-electron chi connectivity index (χ3n) is 3.88. The minimum absolute atomic E-state index is 0.000330. The fourth-order valence-electron chi connectivity index (χ4n) is 3.00. The molecule has 2 N–H and O–H groups in total. The van der Waals surface area contributed by atoms with Crippen LogP contribution < -0.4 is 15.4 Å². The predicted molar refractivity (Wildman–Crippen MR) is 83.5 cm³/mol. The number of benzene rings is 1. The molecule has 21 heavy (non-hydrogen) atoms. The highest BCUT2D eigenvalue weighted by molar-refractivity contribution is 5.60. The maximum absolute atomic E-state index is 6.30. The Bertz CT molecular complexity index is 608. The zero-order valence-electron chi connectivity index (χ0n) is 12.6. The monoisotopic (exact) mass is 286 g/mol. The van der Waals surface area contributed by atoms with Gasteiger partial charge in [0, 0.05) is 31.4 Å². The van der Waals surface area contributed by atoms with Gasteiger partial charge in [-0.2, -0.15) is 5.10 Å². The molecule has 5 nitrogen and oxygen atoms in total. The van der Waals surface area contributed by atoms with Crippen molar-refractivity contribution in [3.63, 3.8) is 0 Å². The lowest BCUT2D eigenvalue weighted by Crippen LogP contribution is -2.40. The summed E-state index contributed by atoms with van der Waals surface area (Å²) in [6.45, 7) is 3.72. The van der Waals surface area contributed by atoms with Crippen LogP contribution in [0, 0.1) is 0 Å². The summed E-state index contributed by atoms with van der Waals surface area (Å²) < 4.78 is 7.67. The Balaban J connectivity index is 2.03. The van der Waals surface area contributed by atoms with E-state index in [1.165, 1.54) is 0 Å². The van der Waals surface area contributed by atoms with Crippen molar-refractivity contribution in [1.82, 2.24) is 9.78 Å². The van der Waals surface area contributed by atoms with E-state index >= 15 is 0 Å². The summed E-state index contributed by atoms with van der Waals surface area (Å²) >= 11 is 0. The summed E-state index contributed by atoms with van der Waals surface area (Å²) in [7, 11) is 1.93. The Morgan fingerprint density at radius 1 is 1.33 bits per heavy atom. The fourth-order valence-corrected chi connectivity index (χ4v) is 3.00. The van der Waals surface area contributed by atoms with Crippen LogP contribution in [0.3, 0.4) is 0 Å². The number of aromatic nitrogens is 2. The number of nitrogens with zero attached hydrogens (tertiary/aromatic N) is 3. The number of hydrogen-bond donors (Lipinski definition) is 1. The van der Waals surface area contributed by atoms with Crippen LogP contribution in [0.1, 0.15) is 24.9 Å². The van der Waals surface area contributed by atoms with Crippen LogP contribution in [0.4, 0.5) is 5.69 Å². The molecule has 0 saturated heterocycles. The summed E-state index contributed by atoms with van der Waals surface area (Å²) in [6, 6.07) is 8.28. The average molecular weight is 286 g/mol. The first-order chi connectivity index (χ1) is 10.2. The van der Waals surface area contributed by atoms with E-state index in [0.717, 1.165) is 36.6 Å². The van der Waals surface area contributed by atoms with E-state index in [0.29, 0.717) is 0 Å². The van der Waals surface area contributed by atoms with Gasteiger partial charge in [-0.3, -0.25) is 4.68 Å². The summed E-state index contributed by atoms with van der Waals surface area (Å²) in [4.78, 5) is 2.35. The van der Waals surface area contributed by atoms with Gasteiger partial charge in [0.1, 0.15) is 5.75 Å². The number of fused-ring (bicyclic) bond motifs is 1. The molecule has 1 aromatic heterocycles. The Kier molecular flexibility index (Phi) is 3.84. The third-order valence-corrected chi connectivity index (χ3v) is 3.88. The molecule has 3 rings (SSSR count). The smallest absolute Gasteiger partial charge is 0.142 e. The molecular formula is C16H22N4O. The first kappa shape index (κ1) is 13.9. The van der Waals surface area contributed by atoms with Crippen molar-refractivity contribution >= 4 is 5.69 Å². The first-order valence-corrected chi connectivity index (χ1v) is 7.39. The van der Waals surface area contributed by atoms with E-state index in [4.69, 9.17) is 10.5 Å². The van der Waals surface area contributed by atoms with Gasteiger partial charge in [-0.15, -0.1) is 0 Å². The number of anilines is 1. The van der Waals surface area contributed by atoms with Crippen molar-refractivity contribution in [2.24, 2.45) is 12.8 Å². The SMILES string of the molecule is CC(N)C(c1cnn(C)c1)N1CCCOc2ccccc21. The molecule has 1 aromatic carbocycles. The van der Waals surface area contributed by atoms with Crippen molar-refractivity contribution < 1.29 is 4.74 Å². The van der Waals surface area contributed by atoms with E-state index < -0.39 is 0 Å². The Morgan fingerprint density at radius 2 is 2.14 bits per heavy atom. The molecule has 0 bridgehead atoms. The van der Waals surface area contributed by atoms with Gasteiger partial charge >= 0.3 is 0 Å². The van der Waals surface area contributed by atoms with Crippen LogP contribution in [0.5, 0.6) is 5.75 Å². The van der Waals surface area contributed by atoms with Crippen LogP contribution in [-0.4, -0.2) is 29.0 Å². The molecule has 2 heterocycles. The summed E-state index contributed by atoms with van der Waals surface area (Å²) in [6.07, 6.45) is 4.93. The van der Waals surface area contributed by atoms with Crippen molar-refractivity contribution in [1.29, 1.82) is 0 Å². The maximum atomic E-state index is 6.30. The first-order valence-electron chi connectivity index (χ1n) is 7.39. The van der Waals surface area contributed by atoms with E-state index in [1.54, 1.807) is 0 Å². The topological polar surface area (TPSA) is 56.3 Å². The van der Waals surface area contributed by atoms with Crippen LogP contribution in [-0.2, 0) is 7.05 Å². The summed E-state index contributed by atoms with van der Waals surface area (Å²) in [5, 5.41) is 4.30. The van der Waals surface area contributed by atoms with E-state index in [9.17, 15) is 0 Å². The van der Waals surface area contributed by atoms with Gasteiger partial charge in [0.25, 0.3) is 0 Å². The summed E-state index contributed by atoms with van der Waals surface area (Å²) in [5.41, 5.74) is 8.55. The molecule has 0 saturated carbocycles. The van der Waals surface area contributed by atoms with Crippen molar-refractivity contribution in [3.8, 4) is 5.75 Å².